The van der Waals surface area contributed by atoms with Crippen molar-refractivity contribution in [3.05, 3.63) is 84.4 Å². The van der Waals surface area contributed by atoms with E-state index in [1.54, 1.807) is 36.9 Å². The number of benzene rings is 2. The highest BCUT2D eigenvalue weighted by Crippen LogP contribution is 2.10. The summed E-state index contributed by atoms with van der Waals surface area (Å²) in [5, 5.41) is 4.69. The molecule has 0 aliphatic heterocycles. The topological polar surface area (TPSA) is 38.8 Å². The summed E-state index contributed by atoms with van der Waals surface area (Å²) in [6.45, 7) is 2.67. The number of hydrogen-bond acceptors (Lipinski definition) is 2. The largest absolute Gasteiger partial charge is 0.315 e. The molecular weight excluding hydrogens is 286 g/mol. The molecule has 1 heterocycles. The molecule has 0 bridgehead atoms. The van der Waals surface area contributed by atoms with Crippen LogP contribution in [-0.4, -0.2) is 15.4 Å². The lowest BCUT2D eigenvalue weighted by Gasteiger charge is -2.04. The van der Waals surface area contributed by atoms with E-state index in [-0.39, 0.29) is 5.78 Å². The normalized spacial score (nSPS) is 10.3. The molecule has 3 aromatic rings. The summed E-state index contributed by atoms with van der Waals surface area (Å²) in [7, 11) is 0. The minimum absolute atomic E-state index is 0.255. The third-order valence-electron chi connectivity index (χ3n) is 2.91. The highest BCUT2D eigenvalue weighted by molar-refractivity contribution is 6.30. The molecule has 0 N–H and O–H groups in total. The second-order valence-electron chi connectivity index (χ2n) is 4.38. The molecule has 0 saturated carbocycles. The Morgan fingerprint density at radius 3 is 2.52 bits per heavy atom. The van der Waals surface area contributed by atoms with E-state index >= 15 is 0 Å². The lowest BCUT2D eigenvalue weighted by Crippen LogP contribution is -2.36. The highest BCUT2D eigenvalue weighted by atomic mass is 35.5. The minimum Gasteiger partial charge on any atom is -0.315 e. The molecule has 1 aromatic heterocycles. The fraction of sp³-hybridized carbons (Fsp3) is 0. The molecule has 0 amide bonds. The van der Waals surface area contributed by atoms with Crippen LogP contribution >= 0.6 is 11.6 Å². The summed E-state index contributed by atoms with van der Waals surface area (Å²) < 4.78 is 3.17. The van der Waals surface area contributed by atoms with Crippen LogP contribution in [0.2, 0.25) is 5.02 Å². The van der Waals surface area contributed by atoms with Crippen LogP contribution in [0.1, 0.15) is 10.4 Å². The van der Waals surface area contributed by atoms with Crippen molar-refractivity contribution in [2.75, 3.05) is 0 Å². The number of para-hydroxylation sites is 1. The van der Waals surface area contributed by atoms with Crippen molar-refractivity contribution >= 4 is 17.4 Å². The zero-order valence-electron chi connectivity index (χ0n) is 11.0. The average Bonchev–Trinajstić information content (AvgIpc) is 2.97. The Hall–Kier alpha value is -2.59. The number of carbonyl (C=O) groups excluding carboxylic acids is 1. The molecule has 21 heavy (non-hydrogen) atoms. The molecule has 0 fully saturated rings. The number of hydrogen-bond donors (Lipinski definition) is 0. The van der Waals surface area contributed by atoms with Gasteiger partial charge in [-0.3, -0.25) is 0 Å². The lowest BCUT2D eigenvalue weighted by atomic mass is 10.1. The number of ketones is 1. The number of rotatable bonds is 4. The molecule has 0 spiro atoms. The second-order valence-corrected chi connectivity index (χ2v) is 4.82. The molecule has 4 nitrogen and oxygen atoms in total. The molecule has 0 atom stereocenters. The first-order valence-corrected chi connectivity index (χ1v) is 6.68. The van der Waals surface area contributed by atoms with E-state index in [1.165, 1.54) is 4.68 Å². The van der Waals surface area contributed by atoms with Crippen LogP contribution in [0.3, 0.4) is 0 Å². The van der Waals surface area contributed by atoms with Crippen molar-refractivity contribution in [3.8, 4) is 5.69 Å². The number of carbonyl (C=O) groups is 1. The van der Waals surface area contributed by atoms with Gasteiger partial charge in [0.1, 0.15) is 11.5 Å². The number of halogens is 1. The van der Waals surface area contributed by atoms with Gasteiger partial charge in [0.15, 0.2) is 6.33 Å². The van der Waals surface area contributed by atoms with Gasteiger partial charge in [-0.05, 0) is 12.1 Å². The van der Waals surface area contributed by atoms with Gasteiger partial charge in [-0.15, -0.1) is 12.1 Å². The Balaban J connectivity index is 1.75. The van der Waals surface area contributed by atoms with Crippen LogP contribution in [0.5, 0.6) is 0 Å². The van der Waals surface area contributed by atoms with Gasteiger partial charge in [-0.1, -0.05) is 52.6 Å². The summed E-state index contributed by atoms with van der Waals surface area (Å²) in [6, 6.07) is 16.4. The van der Waals surface area contributed by atoms with E-state index in [1.807, 2.05) is 34.9 Å². The summed E-state index contributed by atoms with van der Waals surface area (Å²) >= 11 is 5.80. The van der Waals surface area contributed by atoms with Crippen molar-refractivity contribution in [2.45, 2.75) is 0 Å². The van der Waals surface area contributed by atoms with Crippen LogP contribution in [0.15, 0.2) is 67.3 Å². The smallest absolute Gasteiger partial charge is 0.215 e. The van der Waals surface area contributed by atoms with Gasteiger partial charge in [0.2, 0.25) is 6.33 Å². The molecule has 0 unspecified atom stereocenters. The van der Waals surface area contributed by atoms with Gasteiger partial charge >= 0.3 is 0 Å². The monoisotopic (exact) mass is 296 g/mol. The van der Waals surface area contributed by atoms with Crippen LogP contribution in [0.25, 0.3) is 5.69 Å². The third-order valence-corrected chi connectivity index (χ3v) is 3.16. The molecule has 0 saturated heterocycles. The van der Waals surface area contributed by atoms with Gasteiger partial charge in [0.25, 0.3) is 0 Å². The molecule has 2 aromatic carbocycles. The number of aromatic nitrogens is 3. The first kappa shape index (κ1) is 13.4. The fourth-order valence-electron chi connectivity index (χ4n) is 1.85. The van der Waals surface area contributed by atoms with Gasteiger partial charge in [0.05, 0.1) is 6.54 Å². The Bertz CT molecular complexity index is 751. The summed E-state index contributed by atoms with van der Waals surface area (Å²) in [6.07, 6.45) is 3.31. The van der Waals surface area contributed by atoms with Crippen molar-refractivity contribution in [2.24, 2.45) is 0 Å². The standard InChI is InChI=1S/C16H11ClN3O/c17-14-8-6-13(7-9-14)16(21)10-20-12-19(11-18-20)15-4-2-1-3-5-15/h1-9,11-12H. The Kier molecular flexibility index (Phi) is 3.71. The molecule has 1 radical (unpaired) electrons. The number of nitrogens with zero attached hydrogens (tertiary/aromatic N) is 3. The van der Waals surface area contributed by atoms with Crippen molar-refractivity contribution in [1.29, 1.82) is 0 Å². The van der Waals surface area contributed by atoms with Crippen LogP contribution < -0.4 is 4.68 Å². The van der Waals surface area contributed by atoms with Gasteiger partial charge < -0.3 is 4.79 Å². The zero-order chi connectivity index (χ0) is 14.7. The van der Waals surface area contributed by atoms with Crippen molar-refractivity contribution in [3.63, 3.8) is 0 Å². The molecule has 0 aliphatic rings. The number of Topliss-reactive ketones (excluding diaryl/α,β-unsaturated/α-hetero) is 1. The van der Waals surface area contributed by atoms with Gasteiger partial charge in [0, 0.05) is 5.02 Å². The third kappa shape index (κ3) is 3.12. The molecule has 3 rings (SSSR count). The minimum atomic E-state index is -0.255. The highest BCUT2D eigenvalue weighted by Gasteiger charge is 2.07. The lowest BCUT2D eigenvalue weighted by molar-refractivity contribution is -0.684. The van der Waals surface area contributed by atoms with E-state index in [2.05, 4.69) is 11.6 Å². The first-order valence-electron chi connectivity index (χ1n) is 6.31. The van der Waals surface area contributed by atoms with E-state index in [0.29, 0.717) is 10.6 Å². The van der Waals surface area contributed by atoms with E-state index < -0.39 is 0 Å². The molecule has 0 aliphatic carbocycles. The van der Waals surface area contributed by atoms with Crippen LogP contribution in [0.4, 0.5) is 0 Å². The average molecular weight is 297 g/mol. The summed E-state index contributed by atoms with van der Waals surface area (Å²) in [4.78, 5) is 12.0. The van der Waals surface area contributed by atoms with E-state index in [0.717, 1.165) is 5.69 Å². The Morgan fingerprint density at radius 2 is 1.81 bits per heavy atom. The SMILES string of the molecule is O=C([C-][n+]1cn(-c2ccccc2)cn1)c1ccc(Cl)cc1. The van der Waals surface area contributed by atoms with Crippen LogP contribution in [-0.2, 0) is 0 Å². The molecular formula is C16H11ClN3O. The van der Waals surface area contributed by atoms with Gasteiger partial charge in [-0.25, -0.2) is 9.25 Å². The summed E-state index contributed by atoms with van der Waals surface area (Å²) in [5.74, 6) is -0.255. The van der Waals surface area contributed by atoms with Crippen molar-refractivity contribution < 1.29 is 9.48 Å². The van der Waals surface area contributed by atoms with E-state index in [9.17, 15) is 4.79 Å². The zero-order valence-corrected chi connectivity index (χ0v) is 11.7. The Labute approximate surface area is 127 Å². The fourth-order valence-corrected chi connectivity index (χ4v) is 1.98. The first-order chi connectivity index (χ1) is 10.2. The summed E-state index contributed by atoms with van der Waals surface area (Å²) in [5.41, 5.74) is 1.48. The Morgan fingerprint density at radius 1 is 1.10 bits per heavy atom. The predicted molar refractivity (Wildman–Crippen MR) is 78.2 cm³/mol. The molecule has 5 heteroatoms. The predicted octanol–water partition coefficient (Wildman–Crippen LogP) is 2.58. The van der Waals surface area contributed by atoms with E-state index in [4.69, 9.17) is 11.6 Å². The second kappa shape index (κ2) is 5.81. The maximum Gasteiger partial charge on any atom is 0.215 e. The maximum atomic E-state index is 12.0. The van der Waals surface area contributed by atoms with Crippen LogP contribution in [0, 0.1) is 6.54 Å². The maximum absolute atomic E-state index is 12.0. The van der Waals surface area contributed by atoms with Crippen molar-refractivity contribution in [1.82, 2.24) is 9.67 Å². The quantitative estimate of drug-likeness (QED) is 0.422. The molecule has 103 valence electrons. The van der Waals surface area contributed by atoms with Gasteiger partial charge in [-0.2, -0.15) is 0 Å².